The van der Waals surface area contributed by atoms with E-state index in [4.69, 9.17) is 0 Å². The van der Waals surface area contributed by atoms with Gasteiger partial charge in [-0.15, -0.1) is 0 Å². The minimum atomic E-state index is -4.27. The van der Waals surface area contributed by atoms with Crippen molar-refractivity contribution in [1.29, 1.82) is 0 Å². The molecule has 5 heteroatoms. The van der Waals surface area contributed by atoms with Crippen molar-refractivity contribution >= 4 is 0 Å². The molecule has 0 heterocycles. The van der Waals surface area contributed by atoms with E-state index >= 15 is 0 Å². The maximum absolute atomic E-state index is 11.8. The maximum Gasteiger partial charge on any atom is 1.00 e. The van der Waals surface area contributed by atoms with Crippen molar-refractivity contribution in [3.63, 3.8) is 0 Å². The SMILES string of the molecule is C[C@H](N[CH-]C(F)(F)F)c1ccccc1.[Cs+]. The van der Waals surface area contributed by atoms with Crippen LogP contribution in [0, 0.1) is 6.54 Å². The Kier molecular flexibility index (Phi) is 7.87. The molecule has 1 aromatic carbocycles. The number of nitrogens with one attached hydrogen (secondary N) is 1. The van der Waals surface area contributed by atoms with Gasteiger partial charge in [0.15, 0.2) is 0 Å². The molecule has 1 N–H and O–H groups in total. The second-order valence-corrected chi connectivity index (χ2v) is 2.98. The summed E-state index contributed by atoms with van der Waals surface area (Å²) in [5.41, 5.74) is 0.827. The number of rotatable bonds is 3. The summed E-state index contributed by atoms with van der Waals surface area (Å²) in [4.78, 5) is 0. The summed E-state index contributed by atoms with van der Waals surface area (Å²) < 4.78 is 35.4. The molecule has 0 aliphatic heterocycles. The fourth-order valence-electron chi connectivity index (χ4n) is 1.06. The van der Waals surface area contributed by atoms with Crippen molar-refractivity contribution in [2.24, 2.45) is 0 Å². The number of hydrogen-bond donors (Lipinski definition) is 1. The largest absolute Gasteiger partial charge is 1.00 e. The van der Waals surface area contributed by atoms with Gasteiger partial charge in [0.1, 0.15) is 0 Å². The van der Waals surface area contributed by atoms with Crippen molar-refractivity contribution in [1.82, 2.24) is 5.32 Å². The second kappa shape index (κ2) is 7.37. The van der Waals surface area contributed by atoms with Gasteiger partial charge in [-0.05, 0) is 12.5 Å². The van der Waals surface area contributed by atoms with Crippen molar-refractivity contribution in [2.45, 2.75) is 19.1 Å². The van der Waals surface area contributed by atoms with Crippen LogP contribution < -0.4 is 74.2 Å². The van der Waals surface area contributed by atoms with Gasteiger partial charge in [0, 0.05) is 6.04 Å². The molecule has 0 aromatic heterocycles. The van der Waals surface area contributed by atoms with Crippen LogP contribution in [-0.4, -0.2) is 6.18 Å². The zero-order valence-electron chi connectivity index (χ0n) is 8.68. The van der Waals surface area contributed by atoms with Crippen LogP contribution in [0.25, 0.3) is 0 Å². The molecule has 1 nitrogen and oxygen atoms in total. The normalized spacial score (nSPS) is 13.1. The number of hydrogen-bond acceptors (Lipinski definition) is 1. The van der Waals surface area contributed by atoms with Crippen LogP contribution in [0.15, 0.2) is 30.3 Å². The molecular formula is C10H11CsF3N. The zero-order valence-corrected chi connectivity index (χ0v) is 15.0. The Balaban J connectivity index is 0.00000196. The number of halogens is 3. The van der Waals surface area contributed by atoms with Crippen molar-refractivity contribution < 1.29 is 82.1 Å². The quantitative estimate of drug-likeness (QED) is 0.771. The Labute approximate surface area is 146 Å². The first-order valence-electron chi connectivity index (χ1n) is 4.21. The molecule has 0 aliphatic carbocycles. The van der Waals surface area contributed by atoms with E-state index in [2.05, 4.69) is 5.32 Å². The summed E-state index contributed by atoms with van der Waals surface area (Å²) in [5, 5.41) is 2.29. The Hall–Kier alpha value is 1.02. The molecule has 0 fully saturated rings. The number of benzene rings is 1. The molecule has 0 saturated heterocycles. The van der Waals surface area contributed by atoms with E-state index in [0.717, 1.165) is 5.56 Å². The predicted octanol–water partition coefficient (Wildman–Crippen LogP) is 0.0653. The summed E-state index contributed by atoms with van der Waals surface area (Å²) in [6, 6.07) is 8.63. The molecule has 1 atom stereocenters. The van der Waals surface area contributed by atoms with Gasteiger partial charge in [0.05, 0.1) is 0 Å². The third-order valence-electron chi connectivity index (χ3n) is 1.80. The molecule has 0 radical (unpaired) electrons. The van der Waals surface area contributed by atoms with E-state index in [1.807, 2.05) is 6.07 Å². The smallest absolute Gasteiger partial charge is 0.456 e. The van der Waals surface area contributed by atoms with E-state index in [1.54, 1.807) is 31.2 Å². The maximum atomic E-state index is 11.8. The van der Waals surface area contributed by atoms with Gasteiger partial charge in [-0.1, -0.05) is 30.3 Å². The van der Waals surface area contributed by atoms with Crippen LogP contribution in [0.5, 0.6) is 0 Å². The Bertz CT molecular complexity index is 274. The van der Waals surface area contributed by atoms with E-state index in [1.165, 1.54) is 0 Å². The molecule has 78 valence electrons. The van der Waals surface area contributed by atoms with Crippen LogP contribution in [-0.2, 0) is 0 Å². The Morgan fingerprint density at radius 3 is 2.20 bits per heavy atom. The molecule has 0 bridgehead atoms. The van der Waals surface area contributed by atoms with Gasteiger partial charge < -0.3 is 5.32 Å². The van der Waals surface area contributed by atoms with Gasteiger partial charge in [-0.25, -0.2) is 13.2 Å². The van der Waals surface area contributed by atoms with Crippen molar-refractivity contribution in [3.05, 3.63) is 42.4 Å². The first-order chi connectivity index (χ1) is 6.49. The Morgan fingerprint density at radius 2 is 1.73 bits per heavy atom. The topological polar surface area (TPSA) is 12.0 Å². The summed E-state index contributed by atoms with van der Waals surface area (Å²) >= 11 is 0. The van der Waals surface area contributed by atoms with Gasteiger partial charge >= 0.3 is 68.9 Å². The Morgan fingerprint density at radius 1 is 1.20 bits per heavy atom. The first-order valence-corrected chi connectivity index (χ1v) is 4.21. The van der Waals surface area contributed by atoms with Crippen LogP contribution in [0.3, 0.4) is 0 Å². The zero-order chi connectivity index (χ0) is 10.6. The molecule has 1 rings (SSSR count). The van der Waals surface area contributed by atoms with E-state index < -0.39 is 6.18 Å². The summed E-state index contributed by atoms with van der Waals surface area (Å²) in [7, 11) is 0. The minimum absolute atomic E-state index is 0. The van der Waals surface area contributed by atoms with Gasteiger partial charge in [-0.3, -0.25) is 0 Å². The third-order valence-corrected chi connectivity index (χ3v) is 1.80. The van der Waals surface area contributed by atoms with Crippen molar-refractivity contribution in [3.8, 4) is 0 Å². The average molecular weight is 335 g/mol. The van der Waals surface area contributed by atoms with Crippen LogP contribution >= 0.6 is 0 Å². The molecule has 15 heavy (non-hydrogen) atoms. The molecule has 0 spiro atoms. The fraction of sp³-hybridized carbons (Fsp3) is 0.300. The molecule has 0 aliphatic rings. The van der Waals surface area contributed by atoms with E-state index in [-0.39, 0.29) is 81.5 Å². The second-order valence-electron chi connectivity index (χ2n) is 2.98. The minimum Gasteiger partial charge on any atom is -0.456 e. The summed E-state index contributed by atoms with van der Waals surface area (Å²) in [5.74, 6) is 0. The molecule has 1 aromatic rings. The van der Waals surface area contributed by atoms with Crippen LogP contribution in [0.1, 0.15) is 18.5 Å². The molecular weight excluding hydrogens is 324 g/mol. The predicted molar refractivity (Wildman–Crippen MR) is 48.3 cm³/mol. The third kappa shape index (κ3) is 7.04. The van der Waals surface area contributed by atoms with Crippen LogP contribution in [0.4, 0.5) is 13.2 Å². The van der Waals surface area contributed by atoms with Gasteiger partial charge in [0.25, 0.3) is 6.18 Å². The first kappa shape index (κ1) is 16.0. The summed E-state index contributed by atoms with van der Waals surface area (Å²) in [6.07, 6.45) is -4.27. The van der Waals surface area contributed by atoms with Gasteiger partial charge in [0.2, 0.25) is 0 Å². The van der Waals surface area contributed by atoms with Gasteiger partial charge in [-0.2, -0.15) is 6.54 Å². The van der Waals surface area contributed by atoms with E-state index in [0.29, 0.717) is 0 Å². The summed E-state index contributed by atoms with van der Waals surface area (Å²) in [6.45, 7) is 1.84. The monoisotopic (exact) mass is 335 g/mol. The van der Waals surface area contributed by atoms with Crippen LogP contribution in [0.2, 0.25) is 0 Å². The average Bonchev–Trinajstić information content (AvgIpc) is 2.14. The van der Waals surface area contributed by atoms with E-state index in [9.17, 15) is 13.2 Å². The standard InChI is InChI=1S/C10H11F3N.Cs/c1-8(14-7-10(11,12)13)9-5-3-2-4-6-9;/h2-8,14H,1H3;/q-1;+1/t8-;/m0./s1. The fourth-order valence-corrected chi connectivity index (χ4v) is 1.06. The number of alkyl halides is 3. The molecule has 0 saturated carbocycles. The molecule has 0 amide bonds. The van der Waals surface area contributed by atoms with Crippen molar-refractivity contribution in [2.75, 3.05) is 0 Å². The molecule has 0 unspecified atom stereocenters.